The molecule has 0 spiro atoms. The highest BCUT2D eigenvalue weighted by Crippen LogP contribution is 2.64. The molecule has 5 aromatic rings. The molecule has 9 rings (SSSR count). The molecular weight excluding hydrogens is 560 g/mol. The zero-order valence-electron chi connectivity index (χ0n) is 21.4. The lowest BCUT2D eigenvalue weighted by molar-refractivity contribution is -0.122. The Bertz CT molecular complexity index is 1860. The minimum atomic E-state index is -0.888. The van der Waals surface area contributed by atoms with E-state index in [2.05, 4.69) is 40.2 Å². The Hall–Kier alpha value is -4.35. The molecule has 1 heterocycles. The zero-order chi connectivity index (χ0) is 27.0. The van der Waals surface area contributed by atoms with Crippen molar-refractivity contribution in [2.75, 3.05) is 4.90 Å². The number of amides is 2. The van der Waals surface area contributed by atoms with Gasteiger partial charge in [-0.2, -0.15) is 0 Å². The fourth-order valence-corrected chi connectivity index (χ4v) is 7.81. The summed E-state index contributed by atoms with van der Waals surface area (Å²) in [4.78, 5) is 35.7. The van der Waals surface area contributed by atoms with E-state index < -0.39 is 17.3 Å². The van der Waals surface area contributed by atoms with Gasteiger partial charge in [0.25, 0.3) is 0 Å². The van der Waals surface area contributed by atoms with Crippen molar-refractivity contribution in [3.05, 3.63) is 142 Å². The van der Waals surface area contributed by atoms with E-state index >= 15 is 0 Å². The van der Waals surface area contributed by atoms with Crippen LogP contribution in [0.5, 0.6) is 0 Å². The topological polar surface area (TPSA) is 49.7 Å². The van der Waals surface area contributed by atoms with E-state index in [1.54, 1.807) is 0 Å². The molecule has 40 heavy (non-hydrogen) atoms. The molecule has 1 saturated heterocycles. The summed E-state index contributed by atoms with van der Waals surface area (Å²) < 4.78 is 0.930. The first-order valence-corrected chi connectivity index (χ1v) is 14.2. The Morgan fingerprint density at radius 3 is 2.12 bits per heavy atom. The summed E-state index contributed by atoms with van der Waals surface area (Å²) in [6.45, 7) is 0. The molecule has 4 aliphatic rings. The van der Waals surface area contributed by atoms with E-state index in [4.69, 9.17) is 4.99 Å². The van der Waals surface area contributed by atoms with Crippen LogP contribution in [0.4, 0.5) is 11.4 Å². The Labute approximate surface area is 240 Å². The maximum absolute atomic E-state index is 14.7. The third-order valence-electron chi connectivity index (χ3n) is 8.92. The van der Waals surface area contributed by atoms with E-state index in [1.807, 2.05) is 97.2 Å². The number of hydrogen-bond donors (Lipinski definition) is 0. The second-order valence-corrected chi connectivity index (χ2v) is 11.7. The van der Waals surface area contributed by atoms with Crippen LogP contribution >= 0.6 is 15.9 Å². The predicted octanol–water partition coefficient (Wildman–Crippen LogP) is 7.56. The molecule has 3 aliphatic carbocycles. The normalized spacial score (nSPS) is 24.4. The van der Waals surface area contributed by atoms with Crippen molar-refractivity contribution in [3.8, 4) is 0 Å². The molecule has 0 N–H and O–H groups in total. The lowest BCUT2D eigenvalue weighted by atomic mass is 9.47. The van der Waals surface area contributed by atoms with Crippen LogP contribution in [0, 0.1) is 11.8 Å². The van der Waals surface area contributed by atoms with Gasteiger partial charge in [0.05, 0.1) is 28.6 Å². The molecule has 2 amide bonds. The molecule has 0 unspecified atom stereocenters. The first kappa shape index (κ1) is 23.5. The SMILES string of the molecule is O=C1[C@@H]2C3c4ccccc4C(C=Nc4cccc(Br)c4)(c4ccccc43)[C@H]2C(=O)N1c1cccc2ccccc12. The maximum atomic E-state index is 14.7. The molecule has 0 aromatic heterocycles. The second-order valence-electron chi connectivity index (χ2n) is 10.8. The summed E-state index contributed by atoms with van der Waals surface area (Å²) >= 11 is 3.55. The van der Waals surface area contributed by atoms with Crippen LogP contribution in [0.1, 0.15) is 28.2 Å². The number of halogens is 1. The number of imide groups is 1. The van der Waals surface area contributed by atoms with E-state index in [1.165, 1.54) is 4.90 Å². The molecule has 4 nitrogen and oxygen atoms in total. The summed E-state index contributed by atoms with van der Waals surface area (Å²) in [7, 11) is 0. The van der Waals surface area contributed by atoms with Gasteiger partial charge >= 0.3 is 0 Å². The number of nitrogens with zero attached hydrogens (tertiary/aromatic N) is 2. The summed E-state index contributed by atoms with van der Waals surface area (Å²) in [5, 5.41) is 1.89. The minimum Gasteiger partial charge on any atom is -0.274 e. The minimum absolute atomic E-state index is 0.138. The molecule has 0 saturated carbocycles. The molecule has 0 radical (unpaired) electrons. The lowest BCUT2D eigenvalue weighted by Crippen LogP contribution is -2.54. The molecule has 5 heteroatoms. The third-order valence-corrected chi connectivity index (χ3v) is 9.41. The molecule has 192 valence electrons. The third kappa shape index (κ3) is 3.04. The van der Waals surface area contributed by atoms with Gasteiger partial charge in [-0.05, 0) is 51.9 Å². The van der Waals surface area contributed by atoms with Gasteiger partial charge in [-0.3, -0.25) is 14.6 Å². The van der Waals surface area contributed by atoms with Gasteiger partial charge in [-0.25, -0.2) is 4.90 Å². The highest BCUT2D eigenvalue weighted by Gasteiger charge is 2.68. The van der Waals surface area contributed by atoms with Gasteiger partial charge in [0, 0.05) is 22.0 Å². The van der Waals surface area contributed by atoms with Gasteiger partial charge < -0.3 is 0 Å². The number of fused-ring (bicyclic) bond motifs is 1. The Balaban J connectivity index is 1.40. The number of rotatable bonds is 3. The fraction of sp³-hybridized carbons (Fsp3) is 0.114. The van der Waals surface area contributed by atoms with E-state index in [0.717, 1.165) is 43.2 Å². The Morgan fingerprint density at radius 1 is 0.725 bits per heavy atom. The van der Waals surface area contributed by atoms with Crippen molar-refractivity contribution in [2.24, 2.45) is 16.8 Å². The number of benzene rings is 5. The maximum Gasteiger partial charge on any atom is 0.239 e. The monoisotopic (exact) mass is 582 g/mol. The van der Waals surface area contributed by atoms with Crippen molar-refractivity contribution in [3.63, 3.8) is 0 Å². The first-order valence-electron chi connectivity index (χ1n) is 13.4. The Kier molecular flexibility index (Phi) is 5.04. The summed E-state index contributed by atoms with van der Waals surface area (Å²) in [6.07, 6.45) is 1.94. The van der Waals surface area contributed by atoms with Gasteiger partial charge in [0.2, 0.25) is 11.8 Å². The number of carbonyl (C=O) groups is 2. The van der Waals surface area contributed by atoms with Crippen LogP contribution in [0.15, 0.2) is 125 Å². The van der Waals surface area contributed by atoms with Gasteiger partial charge in [0.1, 0.15) is 0 Å². The Morgan fingerprint density at radius 2 is 1.38 bits per heavy atom. The molecule has 2 atom stereocenters. The van der Waals surface area contributed by atoms with Crippen LogP contribution < -0.4 is 4.90 Å². The van der Waals surface area contributed by atoms with E-state index in [0.29, 0.717) is 5.69 Å². The average molecular weight is 583 g/mol. The van der Waals surface area contributed by atoms with Crippen LogP contribution in [0.2, 0.25) is 0 Å². The van der Waals surface area contributed by atoms with Crippen molar-refractivity contribution >= 4 is 56.1 Å². The summed E-state index contributed by atoms with van der Waals surface area (Å²) in [5.41, 5.74) is 4.85. The fourth-order valence-electron chi connectivity index (χ4n) is 7.42. The van der Waals surface area contributed by atoms with Gasteiger partial charge in [-0.1, -0.05) is 107 Å². The van der Waals surface area contributed by atoms with Crippen molar-refractivity contribution in [1.82, 2.24) is 0 Å². The van der Waals surface area contributed by atoms with E-state index in [-0.39, 0.29) is 17.7 Å². The van der Waals surface area contributed by atoms with Crippen LogP contribution in [0.3, 0.4) is 0 Å². The largest absolute Gasteiger partial charge is 0.274 e. The highest BCUT2D eigenvalue weighted by atomic mass is 79.9. The van der Waals surface area contributed by atoms with Crippen LogP contribution in [-0.2, 0) is 15.0 Å². The first-order chi connectivity index (χ1) is 19.6. The summed E-state index contributed by atoms with van der Waals surface area (Å²) in [6, 6.07) is 38.1. The van der Waals surface area contributed by atoms with Crippen molar-refractivity contribution in [1.29, 1.82) is 0 Å². The number of carbonyl (C=O) groups excluding carboxylic acids is 2. The smallest absolute Gasteiger partial charge is 0.239 e. The average Bonchev–Trinajstić information content (AvgIpc) is 3.26. The second kappa shape index (κ2) is 8.57. The lowest BCUT2D eigenvalue weighted by Gasteiger charge is -2.52. The number of aliphatic imine (C=N–C) groups is 1. The molecule has 1 fully saturated rings. The van der Waals surface area contributed by atoms with E-state index in [9.17, 15) is 9.59 Å². The number of anilines is 1. The van der Waals surface area contributed by atoms with Crippen LogP contribution in [-0.4, -0.2) is 18.0 Å². The molecule has 5 aromatic carbocycles. The van der Waals surface area contributed by atoms with Gasteiger partial charge in [-0.15, -0.1) is 0 Å². The van der Waals surface area contributed by atoms with Crippen LogP contribution in [0.25, 0.3) is 10.8 Å². The zero-order valence-corrected chi connectivity index (χ0v) is 23.0. The highest BCUT2D eigenvalue weighted by molar-refractivity contribution is 9.10. The van der Waals surface area contributed by atoms with Crippen molar-refractivity contribution < 1.29 is 9.59 Å². The number of hydrogen-bond acceptors (Lipinski definition) is 3. The molecule has 2 bridgehead atoms. The predicted molar refractivity (Wildman–Crippen MR) is 161 cm³/mol. The standard InChI is InChI=1S/C35H23BrN2O2/c36-22-11-8-12-23(19-22)37-20-35-27-16-5-3-14-25(27)30(26-15-4-6-17-28(26)35)31-32(35)34(40)38(33(31)39)29-18-7-10-21-9-1-2-13-24(21)29/h1-20,30-32H/t30?,31-,32-,35?/m1/s1. The van der Waals surface area contributed by atoms with Gasteiger partial charge in [0.15, 0.2) is 0 Å². The molecule has 1 aliphatic heterocycles. The summed E-state index contributed by atoms with van der Waals surface area (Å²) in [5.74, 6) is -1.63. The van der Waals surface area contributed by atoms with Crippen molar-refractivity contribution in [2.45, 2.75) is 11.3 Å². The quantitative estimate of drug-likeness (QED) is 0.163. The molecular formula is C35H23BrN2O2.